The van der Waals surface area contributed by atoms with E-state index >= 15 is 0 Å². The van der Waals surface area contributed by atoms with Crippen molar-refractivity contribution < 1.29 is 19.2 Å². The maximum absolute atomic E-state index is 13.5. The number of nitrogens with zero attached hydrogens (tertiary/aromatic N) is 2. The number of carbonyl (C=O) groups excluding carboxylic acids is 1. The van der Waals surface area contributed by atoms with Gasteiger partial charge in [-0.1, -0.05) is 29.0 Å². The van der Waals surface area contributed by atoms with E-state index in [9.17, 15) is 4.79 Å². The summed E-state index contributed by atoms with van der Waals surface area (Å²) in [7, 11) is 0. The van der Waals surface area contributed by atoms with Crippen molar-refractivity contribution in [2.24, 2.45) is 0 Å². The summed E-state index contributed by atoms with van der Waals surface area (Å²) in [6.07, 6.45) is 0. The average molecular weight is 427 g/mol. The largest absolute Gasteiger partial charge is 0.494 e. The molecule has 0 atom stereocenters. The van der Waals surface area contributed by atoms with Crippen molar-refractivity contribution in [3.8, 4) is 5.75 Å². The molecule has 1 fully saturated rings. The van der Waals surface area contributed by atoms with Gasteiger partial charge in [0.15, 0.2) is 5.13 Å². The summed E-state index contributed by atoms with van der Waals surface area (Å²) in [5.41, 5.74) is 2.66. The van der Waals surface area contributed by atoms with Crippen molar-refractivity contribution in [1.82, 2.24) is 4.98 Å². The highest BCUT2D eigenvalue weighted by atomic mass is 32.1. The third-order valence-electron chi connectivity index (χ3n) is 5.29. The van der Waals surface area contributed by atoms with Crippen LogP contribution in [0.4, 0.5) is 5.13 Å². The number of fused-ring (bicyclic) bond motifs is 1. The van der Waals surface area contributed by atoms with E-state index in [4.69, 9.17) is 14.5 Å². The first-order chi connectivity index (χ1) is 14.6. The van der Waals surface area contributed by atoms with E-state index in [1.165, 1.54) is 16.2 Å². The van der Waals surface area contributed by atoms with Gasteiger partial charge in [0.2, 0.25) is 0 Å². The maximum Gasteiger partial charge on any atom is 0.260 e. The number of anilines is 1. The number of hydrogen-bond donors (Lipinski definition) is 1. The number of aromatic nitrogens is 1. The number of morpholine rings is 1. The number of ether oxygens (including phenoxy) is 2. The first-order valence-corrected chi connectivity index (χ1v) is 11.3. The maximum atomic E-state index is 13.5. The molecule has 3 aromatic rings. The van der Waals surface area contributed by atoms with Gasteiger partial charge in [-0.25, -0.2) is 4.98 Å². The van der Waals surface area contributed by atoms with Gasteiger partial charge in [-0.3, -0.25) is 9.69 Å². The fraction of sp³-hybridized carbons (Fsp3) is 0.391. The number of thiazole rings is 1. The van der Waals surface area contributed by atoms with E-state index in [-0.39, 0.29) is 5.91 Å². The van der Waals surface area contributed by atoms with E-state index in [2.05, 4.69) is 0 Å². The van der Waals surface area contributed by atoms with Gasteiger partial charge in [0.05, 0.1) is 43.1 Å². The molecule has 1 amide bonds. The molecule has 4 rings (SSSR count). The van der Waals surface area contributed by atoms with Gasteiger partial charge in [0.1, 0.15) is 18.8 Å². The second-order valence-electron chi connectivity index (χ2n) is 7.50. The van der Waals surface area contributed by atoms with Gasteiger partial charge in [-0.15, -0.1) is 0 Å². The van der Waals surface area contributed by atoms with Crippen molar-refractivity contribution in [2.75, 3.05) is 50.9 Å². The zero-order valence-corrected chi connectivity index (χ0v) is 18.3. The van der Waals surface area contributed by atoms with E-state index in [0.29, 0.717) is 18.7 Å². The van der Waals surface area contributed by atoms with Gasteiger partial charge >= 0.3 is 0 Å². The number of hydrogen-bond acceptors (Lipinski definition) is 5. The highest BCUT2D eigenvalue weighted by Crippen LogP contribution is 2.32. The van der Waals surface area contributed by atoms with Gasteiger partial charge < -0.3 is 14.4 Å². The molecule has 1 aliphatic heterocycles. The predicted molar refractivity (Wildman–Crippen MR) is 120 cm³/mol. The fourth-order valence-corrected chi connectivity index (χ4v) is 4.68. The molecule has 158 valence electrons. The summed E-state index contributed by atoms with van der Waals surface area (Å²) in [5.74, 6) is 0.824. The minimum absolute atomic E-state index is 0.00422. The molecule has 0 bridgehead atoms. The van der Waals surface area contributed by atoms with Crippen LogP contribution in [-0.2, 0) is 4.74 Å². The van der Waals surface area contributed by atoms with Crippen LogP contribution in [-0.4, -0.2) is 56.9 Å². The van der Waals surface area contributed by atoms with Crippen molar-refractivity contribution in [2.45, 2.75) is 13.8 Å². The highest BCUT2D eigenvalue weighted by molar-refractivity contribution is 7.22. The Kier molecular flexibility index (Phi) is 6.62. The predicted octanol–water partition coefficient (Wildman–Crippen LogP) is 2.57. The van der Waals surface area contributed by atoms with Crippen LogP contribution in [0.5, 0.6) is 5.75 Å². The second-order valence-corrected chi connectivity index (χ2v) is 8.51. The number of carbonyl (C=O) groups is 1. The Hall–Kier alpha value is -2.48. The van der Waals surface area contributed by atoms with Gasteiger partial charge in [-0.05, 0) is 44.2 Å². The molecule has 0 spiro atoms. The van der Waals surface area contributed by atoms with Crippen molar-refractivity contribution >= 4 is 32.6 Å². The molecule has 0 unspecified atom stereocenters. The zero-order valence-electron chi connectivity index (χ0n) is 17.5. The van der Waals surface area contributed by atoms with Crippen LogP contribution in [0.2, 0.25) is 0 Å². The zero-order chi connectivity index (χ0) is 20.9. The molecule has 2 heterocycles. The molecule has 30 heavy (non-hydrogen) atoms. The molecular weight excluding hydrogens is 398 g/mol. The number of rotatable bonds is 7. The number of nitrogens with one attached hydrogen (secondary N) is 1. The topological polar surface area (TPSA) is 56.1 Å². The fourth-order valence-electron chi connectivity index (χ4n) is 3.66. The van der Waals surface area contributed by atoms with E-state index < -0.39 is 0 Å². The lowest BCUT2D eigenvalue weighted by Gasteiger charge is -2.27. The first kappa shape index (κ1) is 20.8. The second kappa shape index (κ2) is 9.55. The van der Waals surface area contributed by atoms with Gasteiger partial charge in [0.25, 0.3) is 5.91 Å². The van der Waals surface area contributed by atoms with Crippen LogP contribution in [0.15, 0.2) is 42.5 Å². The van der Waals surface area contributed by atoms with Crippen LogP contribution in [0.3, 0.4) is 0 Å². The highest BCUT2D eigenvalue weighted by Gasteiger charge is 2.24. The lowest BCUT2D eigenvalue weighted by atomic mass is 10.1. The summed E-state index contributed by atoms with van der Waals surface area (Å²) in [4.78, 5) is 21.5. The van der Waals surface area contributed by atoms with Crippen LogP contribution in [0, 0.1) is 6.92 Å². The molecule has 0 aliphatic carbocycles. The third-order valence-corrected chi connectivity index (χ3v) is 6.33. The quantitative estimate of drug-likeness (QED) is 0.631. The average Bonchev–Trinajstić information content (AvgIpc) is 3.18. The molecular formula is C23H28N3O3S+. The molecule has 2 aromatic carbocycles. The van der Waals surface area contributed by atoms with Crippen LogP contribution in [0.25, 0.3) is 10.2 Å². The standard InChI is InChI=1S/C23H27N3O3S/c1-3-29-19-7-8-20-21(16-19)30-23(24-20)26(10-9-25-11-13-28-14-12-25)22(27)18-6-4-5-17(2)15-18/h4-8,15-16H,3,9-14H2,1-2H3/p+1. The van der Waals surface area contributed by atoms with Crippen molar-refractivity contribution in [1.29, 1.82) is 0 Å². The molecule has 7 heteroatoms. The third kappa shape index (κ3) is 4.80. The summed E-state index contributed by atoms with van der Waals surface area (Å²) < 4.78 is 12.1. The van der Waals surface area contributed by atoms with Gasteiger partial charge in [0, 0.05) is 5.56 Å². The Morgan fingerprint density at radius 3 is 2.83 bits per heavy atom. The van der Waals surface area contributed by atoms with E-state index in [1.807, 2.05) is 61.2 Å². The van der Waals surface area contributed by atoms with Crippen LogP contribution >= 0.6 is 11.3 Å². The van der Waals surface area contributed by atoms with Gasteiger partial charge in [-0.2, -0.15) is 0 Å². The number of amides is 1. The van der Waals surface area contributed by atoms with Crippen molar-refractivity contribution in [3.05, 3.63) is 53.6 Å². The van der Waals surface area contributed by atoms with Crippen LogP contribution < -0.4 is 14.5 Å². The SMILES string of the molecule is CCOc1ccc2nc(N(CC[NH+]3CCOCC3)C(=O)c3cccc(C)c3)sc2c1. The monoisotopic (exact) mass is 426 g/mol. The number of quaternary nitrogens is 1. The summed E-state index contributed by atoms with van der Waals surface area (Å²) >= 11 is 1.54. The molecule has 1 N–H and O–H groups in total. The lowest BCUT2D eigenvalue weighted by molar-refractivity contribution is -0.906. The van der Waals surface area contributed by atoms with E-state index in [0.717, 1.165) is 59.5 Å². The smallest absolute Gasteiger partial charge is 0.260 e. The van der Waals surface area contributed by atoms with Crippen LogP contribution in [0.1, 0.15) is 22.8 Å². The Balaban J connectivity index is 1.63. The molecule has 6 nitrogen and oxygen atoms in total. The summed E-state index contributed by atoms with van der Waals surface area (Å²) in [6.45, 7) is 9.61. The molecule has 1 aliphatic rings. The molecule has 0 saturated carbocycles. The minimum Gasteiger partial charge on any atom is -0.494 e. The minimum atomic E-state index is -0.00422. The summed E-state index contributed by atoms with van der Waals surface area (Å²) in [5, 5.41) is 0.734. The molecule has 1 saturated heterocycles. The van der Waals surface area contributed by atoms with E-state index in [1.54, 1.807) is 0 Å². The summed E-state index contributed by atoms with van der Waals surface area (Å²) in [6, 6.07) is 13.7. The number of aryl methyl sites for hydroxylation is 1. The normalized spacial score (nSPS) is 14.7. The molecule has 0 radical (unpaired) electrons. The van der Waals surface area contributed by atoms with Crippen molar-refractivity contribution in [3.63, 3.8) is 0 Å². The Labute approximate surface area is 181 Å². The number of benzene rings is 2. The Morgan fingerprint density at radius 1 is 1.23 bits per heavy atom. The Bertz CT molecular complexity index is 1010. The lowest BCUT2D eigenvalue weighted by Crippen LogP contribution is -3.14. The Morgan fingerprint density at radius 2 is 2.07 bits per heavy atom. The molecule has 1 aromatic heterocycles. The first-order valence-electron chi connectivity index (χ1n) is 10.5.